The maximum atomic E-state index is 11.1. The molecule has 1 radical (unpaired) electrons. The van der Waals surface area contributed by atoms with Crippen LogP contribution in [0.4, 0.5) is 0 Å². The molecule has 0 spiro atoms. The molecular formula is C14H32Cl2CoN4O7. The van der Waals surface area contributed by atoms with Crippen LogP contribution in [-0.4, -0.2) is 111 Å². The molecule has 0 aliphatic carbocycles. The summed E-state index contributed by atoms with van der Waals surface area (Å²) < 4.78 is 16.5. The van der Waals surface area contributed by atoms with Gasteiger partial charge in [0.1, 0.15) is 0 Å². The maximum Gasteiger partial charge on any atom is 2.00 e. The predicted octanol–water partition coefficient (Wildman–Crippen LogP) is -10.0. The third-order valence-corrected chi connectivity index (χ3v) is 3.34. The molecule has 1 fully saturated rings. The average Bonchev–Trinajstić information content (AvgIpc) is 2.47. The fourth-order valence-electron chi connectivity index (χ4n) is 2.18. The Labute approximate surface area is 188 Å². The smallest absolute Gasteiger partial charge is 1.00 e. The number of halogens is 2. The van der Waals surface area contributed by atoms with Crippen molar-refractivity contribution < 1.29 is 76.3 Å². The monoisotopic (exact) mass is 497 g/mol. The van der Waals surface area contributed by atoms with Gasteiger partial charge in [-0.05, 0) is 0 Å². The van der Waals surface area contributed by atoms with Crippen LogP contribution in [0.3, 0.4) is 0 Å². The van der Waals surface area contributed by atoms with Gasteiger partial charge >= 0.3 is 16.8 Å². The van der Waals surface area contributed by atoms with Crippen molar-refractivity contribution >= 4 is 11.8 Å². The number of nitrogens with zero attached hydrogens (tertiary/aromatic N) is 2. The molecule has 1 saturated heterocycles. The van der Waals surface area contributed by atoms with Crippen molar-refractivity contribution in [3.8, 4) is 0 Å². The number of rotatable bonds is 4. The van der Waals surface area contributed by atoms with Gasteiger partial charge in [0.2, 0.25) is 11.8 Å². The molecular weight excluding hydrogens is 466 g/mol. The molecule has 28 heavy (non-hydrogen) atoms. The summed E-state index contributed by atoms with van der Waals surface area (Å²) >= 11 is 0. The Kier molecular flexibility index (Phi) is 34.0. The first kappa shape index (κ1) is 38.4. The van der Waals surface area contributed by atoms with Crippen molar-refractivity contribution in [3.63, 3.8) is 0 Å². The minimum absolute atomic E-state index is 0. The van der Waals surface area contributed by atoms with Gasteiger partial charge in [0.25, 0.3) is 0 Å². The van der Waals surface area contributed by atoms with Crippen LogP contribution in [0.2, 0.25) is 0 Å². The van der Waals surface area contributed by atoms with Gasteiger partial charge in [0, 0.05) is 26.2 Å². The number of hydrogen-bond acceptors (Lipinski definition) is 7. The van der Waals surface area contributed by atoms with Gasteiger partial charge in [-0.2, -0.15) is 0 Å². The first-order valence-corrected chi connectivity index (χ1v) is 7.82. The van der Waals surface area contributed by atoms with Gasteiger partial charge < -0.3 is 61.4 Å². The van der Waals surface area contributed by atoms with E-state index in [-0.39, 0.29) is 77.4 Å². The average molecular weight is 498 g/mol. The molecule has 173 valence electrons. The van der Waals surface area contributed by atoms with E-state index in [9.17, 15) is 9.59 Å². The zero-order valence-electron chi connectivity index (χ0n) is 15.7. The minimum atomic E-state index is -0.376. The van der Waals surface area contributed by atoms with Crippen molar-refractivity contribution in [1.29, 1.82) is 0 Å². The van der Waals surface area contributed by atoms with E-state index < -0.39 is 0 Å². The summed E-state index contributed by atoms with van der Waals surface area (Å²) in [6.07, 6.45) is 0. The Morgan fingerprint density at radius 3 is 1.14 bits per heavy atom. The number of carbonyl (C=O) groups is 2. The van der Waals surface area contributed by atoms with Crippen molar-refractivity contribution in [1.82, 2.24) is 9.80 Å². The molecule has 0 unspecified atom stereocenters. The van der Waals surface area contributed by atoms with Gasteiger partial charge in [0.15, 0.2) is 0 Å². The number of amides is 2. The van der Waals surface area contributed by atoms with Gasteiger partial charge in [-0.1, -0.05) is 0 Å². The summed E-state index contributed by atoms with van der Waals surface area (Å²) in [6.45, 7) is 5.70. The maximum absolute atomic E-state index is 11.1. The summed E-state index contributed by atoms with van der Waals surface area (Å²) in [5, 5.41) is 0. The van der Waals surface area contributed by atoms with Crippen molar-refractivity contribution in [2.45, 2.75) is 0 Å². The summed E-state index contributed by atoms with van der Waals surface area (Å²) in [5.41, 5.74) is 10.5. The van der Waals surface area contributed by atoms with Crippen LogP contribution in [-0.2, 0) is 40.6 Å². The molecule has 1 heterocycles. The van der Waals surface area contributed by atoms with E-state index in [1.54, 1.807) is 0 Å². The second kappa shape index (κ2) is 24.8. The molecule has 2 amide bonds. The molecule has 1 aliphatic rings. The first-order valence-electron chi connectivity index (χ1n) is 7.82. The quantitative estimate of drug-likeness (QED) is 0.386. The molecule has 0 aromatic rings. The minimum Gasteiger partial charge on any atom is -1.00 e. The fraction of sp³-hybridized carbons (Fsp3) is 0.857. The number of nitrogens with two attached hydrogens (primary N) is 2. The van der Waals surface area contributed by atoms with Crippen molar-refractivity contribution in [3.05, 3.63) is 0 Å². The third kappa shape index (κ3) is 22.0. The Balaban J connectivity index is -0.000000353. The Morgan fingerprint density at radius 1 is 0.643 bits per heavy atom. The molecule has 1 aliphatic heterocycles. The summed E-state index contributed by atoms with van der Waals surface area (Å²) in [4.78, 5) is 25.9. The van der Waals surface area contributed by atoms with Crippen LogP contribution < -0.4 is 36.3 Å². The van der Waals surface area contributed by atoms with Crippen LogP contribution >= 0.6 is 0 Å². The molecule has 14 heteroatoms. The number of ether oxygens (including phenoxy) is 3. The molecule has 0 atom stereocenters. The summed E-state index contributed by atoms with van der Waals surface area (Å²) in [6, 6.07) is 0. The number of hydrogen-bond donors (Lipinski definition) is 2. The van der Waals surface area contributed by atoms with E-state index >= 15 is 0 Å². The fourth-order valence-corrected chi connectivity index (χ4v) is 2.18. The van der Waals surface area contributed by atoms with Gasteiger partial charge in [0.05, 0.1) is 52.7 Å². The Morgan fingerprint density at radius 2 is 0.893 bits per heavy atom. The number of primary amides is 2. The SMILES string of the molecule is NC(=O)CN1CCOCCOCCN(CC(N)=O)CCOCC1.O.O.[Cl-].[Cl-].[Co+2]. The van der Waals surface area contributed by atoms with Crippen LogP contribution in [0.15, 0.2) is 0 Å². The first-order chi connectivity index (χ1) is 11.1. The topological polar surface area (TPSA) is 183 Å². The predicted molar refractivity (Wildman–Crippen MR) is 91.0 cm³/mol. The Hall–Kier alpha value is -0.254. The second-order valence-corrected chi connectivity index (χ2v) is 5.32. The summed E-state index contributed by atoms with van der Waals surface area (Å²) in [5.74, 6) is -0.752. The molecule has 0 aromatic carbocycles. The molecule has 0 bridgehead atoms. The van der Waals surface area contributed by atoms with Crippen LogP contribution in [0.25, 0.3) is 0 Å². The van der Waals surface area contributed by atoms with E-state index in [1.807, 2.05) is 9.80 Å². The van der Waals surface area contributed by atoms with Gasteiger partial charge in [-0.25, -0.2) is 0 Å². The van der Waals surface area contributed by atoms with Crippen LogP contribution in [0.5, 0.6) is 0 Å². The van der Waals surface area contributed by atoms with E-state index in [0.717, 1.165) is 0 Å². The van der Waals surface area contributed by atoms with Crippen molar-refractivity contribution in [2.75, 3.05) is 78.9 Å². The van der Waals surface area contributed by atoms with E-state index in [0.29, 0.717) is 65.8 Å². The zero-order valence-corrected chi connectivity index (χ0v) is 18.2. The zero-order chi connectivity index (χ0) is 16.9. The largest absolute Gasteiger partial charge is 2.00 e. The normalized spacial score (nSPS) is 17.4. The molecule has 0 aromatic heterocycles. The number of carbonyl (C=O) groups excluding carboxylic acids is 2. The summed E-state index contributed by atoms with van der Waals surface area (Å²) in [7, 11) is 0. The van der Waals surface area contributed by atoms with E-state index in [2.05, 4.69) is 0 Å². The van der Waals surface area contributed by atoms with Crippen LogP contribution in [0, 0.1) is 0 Å². The molecule has 0 saturated carbocycles. The van der Waals surface area contributed by atoms with E-state index in [4.69, 9.17) is 25.7 Å². The standard InChI is InChI=1S/C14H28N4O5.2ClH.Co.2H2O/c15-13(19)11-17-1-5-21-6-2-18(12-14(16)20)4-8-23-10-9-22-7-3-17;;;;;/h1-12H2,(H2,15,19)(H2,16,20);2*1H;;2*1H2/q;;;+2;;/p-2. The van der Waals surface area contributed by atoms with E-state index in [1.165, 1.54) is 0 Å². The third-order valence-electron chi connectivity index (χ3n) is 3.34. The molecule has 1 rings (SSSR count). The van der Waals surface area contributed by atoms with Crippen LogP contribution in [0.1, 0.15) is 0 Å². The van der Waals surface area contributed by atoms with Crippen molar-refractivity contribution in [2.24, 2.45) is 11.5 Å². The second-order valence-electron chi connectivity index (χ2n) is 5.32. The molecule has 8 N–H and O–H groups in total. The Bertz CT molecular complexity index is 345. The van der Waals surface area contributed by atoms with Gasteiger partial charge in [-0.15, -0.1) is 0 Å². The molecule has 11 nitrogen and oxygen atoms in total. The van der Waals surface area contributed by atoms with Gasteiger partial charge in [-0.3, -0.25) is 19.4 Å².